The van der Waals surface area contributed by atoms with Crippen molar-refractivity contribution in [1.29, 1.82) is 0 Å². The predicted octanol–water partition coefficient (Wildman–Crippen LogP) is 2.53. The SMILES string of the molecule is C=CC(O)C1C[C@@H]2C[C@H]1CC2=CC. The van der Waals surface area contributed by atoms with Crippen LogP contribution in [0.15, 0.2) is 24.3 Å². The summed E-state index contributed by atoms with van der Waals surface area (Å²) in [5, 5.41) is 9.70. The summed E-state index contributed by atoms with van der Waals surface area (Å²) in [6, 6.07) is 0. The molecule has 1 heteroatoms. The van der Waals surface area contributed by atoms with E-state index in [-0.39, 0.29) is 6.10 Å². The van der Waals surface area contributed by atoms with Gasteiger partial charge in [-0.15, -0.1) is 6.58 Å². The molecular formula is C12H18O. The fraction of sp³-hybridized carbons (Fsp3) is 0.667. The molecule has 1 nitrogen and oxygen atoms in total. The minimum Gasteiger partial charge on any atom is -0.389 e. The van der Waals surface area contributed by atoms with Gasteiger partial charge in [-0.25, -0.2) is 0 Å². The largest absolute Gasteiger partial charge is 0.389 e. The van der Waals surface area contributed by atoms with Crippen molar-refractivity contribution < 1.29 is 5.11 Å². The van der Waals surface area contributed by atoms with Gasteiger partial charge in [-0.2, -0.15) is 0 Å². The maximum absolute atomic E-state index is 9.70. The Morgan fingerprint density at radius 1 is 1.54 bits per heavy atom. The Morgan fingerprint density at radius 3 is 2.77 bits per heavy atom. The molecule has 2 aliphatic rings. The van der Waals surface area contributed by atoms with E-state index in [0.717, 1.165) is 11.8 Å². The summed E-state index contributed by atoms with van der Waals surface area (Å²) in [5.74, 6) is 1.99. The Hall–Kier alpha value is -0.560. The molecule has 72 valence electrons. The zero-order valence-electron chi connectivity index (χ0n) is 8.24. The van der Waals surface area contributed by atoms with Crippen LogP contribution in [0.25, 0.3) is 0 Å². The number of aliphatic hydroxyl groups excluding tert-OH is 1. The highest BCUT2D eigenvalue weighted by Crippen LogP contribution is 2.52. The number of hydrogen-bond acceptors (Lipinski definition) is 1. The van der Waals surface area contributed by atoms with Crippen molar-refractivity contribution in [3.05, 3.63) is 24.3 Å². The highest BCUT2D eigenvalue weighted by atomic mass is 16.3. The van der Waals surface area contributed by atoms with Gasteiger partial charge in [0.25, 0.3) is 0 Å². The third kappa shape index (κ3) is 1.35. The molecule has 0 heterocycles. The molecule has 2 bridgehead atoms. The minimum atomic E-state index is -0.270. The van der Waals surface area contributed by atoms with Gasteiger partial charge in [0.1, 0.15) is 0 Å². The van der Waals surface area contributed by atoms with Gasteiger partial charge < -0.3 is 5.11 Å². The van der Waals surface area contributed by atoms with Crippen LogP contribution >= 0.6 is 0 Å². The molecule has 2 rings (SSSR count). The summed E-state index contributed by atoms with van der Waals surface area (Å²) < 4.78 is 0. The first-order chi connectivity index (χ1) is 6.26. The van der Waals surface area contributed by atoms with Gasteiger partial charge in [-0.3, -0.25) is 0 Å². The van der Waals surface area contributed by atoms with Crippen LogP contribution in [-0.2, 0) is 0 Å². The molecular weight excluding hydrogens is 160 g/mol. The molecule has 0 aromatic rings. The first-order valence-corrected chi connectivity index (χ1v) is 5.22. The molecule has 2 fully saturated rings. The summed E-state index contributed by atoms with van der Waals surface area (Å²) in [7, 11) is 0. The van der Waals surface area contributed by atoms with Crippen molar-refractivity contribution >= 4 is 0 Å². The second kappa shape index (κ2) is 3.30. The van der Waals surface area contributed by atoms with Gasteiger partial charge in [0.05, 0.1) is 6.10 Å². The van der Waals surface area contributed by atoms with Crippen molar-refractivity contribution in [2.24, 2.45) is 17.8 Å². The maximum Gasteiger partial charge on any atom is 0.0749 e. The van der Waals surface area contributed by atoms with Gasteiger partial charge >= 0.3 is 0 Å². The average molecular weight is 178 g/mol. The van der Waals surface area contributed by atoms with Crippen LogP contribution in [0, 0.1) is 17.8 Å². The lowest BCUT2D eigenvalue weighted by Gasteiger charge is -2.26. The van der Waals surface area contributed by atoms with Crippen LogP contribution in [-0.4, -0.2) is 11.2 Å². The molecule has 0 aliphatic heterocycles. The Kier molecular flexibility index (Phi) is 2.29. The Balaban J connectivity index is 2.07. The maximum atomic E-state index is 9.70. The second-order valence-electron chi connectivity index (χ2n) is 4.39. The normalized spacial score (nSPS) is 42.6. The van der Waals surface area contributed by atoms with Gasteiger partial charge in [-0.1, -0.05) is 17.7 Å². The molecule has 4 atom stereocenters. The average Bonchev–Trinajstić information content (AvgIpc) is 2.74. The number of hydrogen-bond donors (Lipinski definition) is 1. The van der Waals surface area contributed by atoms with Gasteiger partial charge in [0.2, 0.25) is 0 Å². The highest BCUT2D eigenvalue weighted by molar-refractivity contribution is 5.18. The van der Waals surface area contributed by atoms with E-state index in [0.29, 0.717) is 5.92 Å². The van der Waals surface area contributed by atoms with E-state index in [1.54, 1.807) is 11.6 Å². The lowest BCUT2D eigenvalue weighted by molar-refractivity contribution is 0.121. The smallest absolute Gasteiger partial charge is 0.0749 e. The molecule has 1 N–H and O–H groups in total. The van der Waals surface area contributed by atoms with Crippen molar-refractivity contribution in [3.8, 4) is 0 Å². The zero-order chi connectivity index (χ0) is 9.42. The molecule has 0 radical (unpaired) electrons. The van der Waals surface area contributed by atoms with Gasteiger partial charge in [-0.05, 0) is 43.9 Å². The number of rotatable bonds is 2. The third-order valence-corrected chi connectivity index (χ3v) is 3.82. The number of fused-ring (bicyclic) bond motifs is 2. The highest BCUT2D eigenvalue weighted by Gasteiger charge is 2.44. The van der Waals surface area contributed by atoms with Crippen LogP contribution in [0.1, 0.15) is 26.2 Å². The van der Waals surface area contributed by atoms with E-state index in [9.17, 15) is 5.11 Å². The van der Waals surface area contributed by atoms with Crippen LogP contribution in [0.4, 0.5) is 0 Å². The van der Waals surface area contributed by atoms with E-state index < -0.39 is 0 Å². The van der Waals surface area contributed by atoms with Crippen molar-refractivity contribution in [3.63, 3.8) is 0 Å². The lowest BCUT2D eigenvalue weighted by Crippen LogP contribution is -2.24. The van der Waals surface area contributed by atoms with Crippen LogP contribution in [0.3, 0.4) is 0 Å². The Bertz CT molecular complexity index is 242. The molecule has 0 aromatic heterocycles. The van der Waals surface area contributed by atoms with Crippen LogP contribution in [0.5, 0.6) is 0 Å². The summed E-state index contributed by atoms with van der Waals surface area (Å²) in [5.41, 5.74) is 1.62. The summed E-state index contributed by atoms with van der Waals surface area (Å²) >= 11 is 0. The van der Waals surface area contributed by atoms with Crippen LogP contribution in [0.2, 0.25) is 0 Å². The van der Waals surface area contributed by atoms with Crippen molar-refractivity contribution in [1.82, 2.24) is 0 Å². The molecule has 0 saturated heterocycles. The summed E-state index contributed by atoms with van der Waals surface area (Å²) in [4.78, 5) is 0. The fourth-order valence-corrected chi connectivity index (χ4v) is 3.11. The van der Waals surface area contributed by atoms with Gasteiger partial charge in [0.15, 0.2) is 0 Å². The van der Waals surface area contributed by atoms with E-state index in [4.69, 9.17) is 0 Å². The fourth-order valence-electron chi connectivity index (χ4n) is 3.11. The van der Waals surface area contributed by atoms with Crippen molar-refractivity contribution in [2.75, 3.05) is 0 Å². The molecule has 13 heavy (non-hydrogen) atoms. The third-order valence-electron chi connectivity index (χ3n) is 3.82. The molecule has 0 amide bonds. The van der Waals surface area contributed by atoms with Gasteiger partial charge in [0, 0.05) is 0 Å². The second-order valence-corrected chi connectivity index (χ2v) is 4.39. The molecule has 2 aliphatic carbocycles. The van der Waals surface area contributed by atoms with E-state index in [1.807, 2.05) is 0 Å². The summed E-state index contributed by atoms with van der Waals surface area (Å²) in [6.45, 7) is 5.80. The predicted molar refractivity (Wildman–Crippen MR) is 54.3 cm³/mol. The van der Waals surface area contributed by atoms with E-state index in [2.05, 4.69) is 19.6 Å². The monoisotopic (exact) mass is 178 g/mol. The zero-order valence-corrected chi connectivity index (χ0v) is 8.24. The Morgan fingerprint density at radius 2 is 2.31 bits per heavy atom. The topological polar surface area (TPSA) is 20.2 Å². The molecule has 0 spiro atoms. The number of aliphatic hydroxyl groups is 1. The molecule has 2 saturated carbocycles. The first kappa shape index (κ1) is 9.01. The Labute approximate surface area is 80.2 Å². The lowest BCUT2D eigenvalue weighted by atomic mass is 9.82. The quantitative estimate of drug-likeness (QED) is 0.644. The first-order valence-electron chi connectivity index (χ1n) is 5.22. The minimum absolute atomic E-state index is 0.270. The van der Waals surface area contributed by atoms with E-state index in [1.165, 1.54) is 19.3 Å². The molecule has 0 aromatic carbocycles. The van der Waals surface area contributed by atoms with E-state index >= 15 is 0 Å². The van der Waals surface area contributed by atoms with Crippen LogP contribution < -0.4 is 0 Å². The summed E-state index contributed by atoms with van der Waals surface area (Å²) in [6.07, 6.45) is 7.39. The molecule has 2 unspecified atom stereocenters. The van der Waals surface area contributed by atoms with Crippen molar-refractivity contribution in [2.45, 2.75) is 32.3 Å². The number of allylic oxidation sites excluding steroid dienone is 2. The standard InChI is InChI=1S/C12H18O/c1-3-8-5-10-6-9(8)7-11(10)12(13)4-2/h3-4,9-13H,2,5-7H2,1H3/t9-,10+,11?,12?/m0/s1.